The van der Waals surface area contributed by atoms with E-state index in [0.717, 1.165) is 24.8 Å². The third-order valence-electron chi connectivity index (χ3n) is 4.77. The molecule has 0 amide bonds. The van der Waals surface area contributed by atoms with Gasteiger partial charge in [0.25, 0.3) is 5.69 Å². The number of sulfonamides is 1. The molecule has 0 spiro atoms. The lowest BCUT2D eigenvalue weighted by Crippen LogP contribution is -2.40. The first-order chi connectivity index (χ1) is 12.3. The molecule has 0 unspecified atom stereocenters. The monoisotopic (exact) mass is 378 g/mol. The lowest BCUT2D eigenvalue weighted by Gasteiger charge is -2.34. The van der Waals surface area contributed by atoms with Gasteiger partial charge in [0.15, 0.2) is 0 Å². The average molecular weight is 378 g/mol. The van der Waals surface area contributed by atoms with E-state index in [2.05, 4.69) is 20.4 Å². The van der Waals surface area contributed by atoms with Gasteiger partial charge in [0.05, 0.1) is 9.82 Å². The van der Waals surface area contributed by atoms with Crippen molar-refractivity contribution >= 4 is 15.7 Å². The maximum absolute atomic E-state index is 13.0. The van der Waals surface area contributed by atoms with Gasteiger partial charge >= 0.3 is 0 Å². The molecule has 1 aromatic carbocycles. The zero-order valence-electron chi connectivity index (χ0n) is 15.3. The summed E-state index contributed by atoms with van der Waals surface area (Å²) < 4.78 is 27.5. The summed E-state index contributed by atoms with van der Waals surface area (Å²) in [4.78, 5) is 10.3. The fourth-order valence-electron chi connectivity index (χ4n) is 3.38. The van der Waals surface area contributed by atoms with Crippen molar-refractivity contribution in [1.29, 1.82) is 0 Å². The predicted molar refractivity (Wildman–Crippen MR) is 102 cm³/mol. The van der Waals surface area contributed by atoms with Gasteiger partial charge in [0.2, 0.25) is 10.0 Å². The van der Waals surface area contributed by atoms with Crippen LogP contribution in [0.15, 0.2) is 53.0 Å². The number of allylic oxidation sites excluding steroid dienone is 1. The number of hydrogen-bond acceptors (Lipinski definition) is 4. The maximum atomic E-state index is 13.0. The third kappa shape index (κ3) is 4.40. The van der Waals surface area contributed by atoms with Crippen molar-refractivity contribution in [3.05, 3.63) is 58.2 Å². The van der Waals surface area contributed by atoms with Crippen molar-refractivity contribution in [2.24, 2.45) is 5.92 Å². The number of unbranched alkanes of at least 4 members (excludes halogenated alkanes) is 1. The van der Waals surface area contributed by atoms with Crippen LogP contribution in [-0.4, -0.2) is 30.7 Å². The number of hydrogen-bond donors (Lipinski definition) is 0. The van der Waals surface area contributed by atoms with Crippen LogP contribution >= 0.6 is 0 Å². The molecule has 1 aromatic rings. The lowest BCUT2D eigenvalue weighted by molar-refractivity contribution is -0.384. The SMILES string of the molecule is C=CCC1=C(CCCC)[C@H](C)CN(S(=O)(=O)c2ccc([N+](=O)[O-])cc2)C1. The highest BCUT2D eigenvalue weighted by atomic mass is 32.2. The Labute approximate surface area is 155 Å². The molecule has 0 radical (unpaired) electrons. The highest BCUT2D eigenvalue weighted by Gasteiger charge is 2.32. The van der Waals surface area contributed by atoms with Crippen LogP contribution in [0, 0.1) is 16.0 Å². The Kier molecular flexibility index (Phi) is 6.72. The maximum Gasteiger partial charge on any atom is 0.269 e. The molecule has 0 saturated carbocycles. The van der Waals surface area contributed by atoms with Crippen molar-refractivity contribution in [2.75, 3.05) is 13.1 Å². The summed E-state index contributed by atoms with van der Waals surface area (Å²) in [6.07, 6.45) is 5.68. The summed E-state index contributed by atoms with van der Waals surface area (Å²) in [5.41, 5.74) is 2.35. The Bertz CT molecular complexity index is 797. The molecule has 0 bridgehead atoms. The van der Waals surface area contributed by atoms with Gasteiger partial charge in [-0.1, -0.05) is 37.5 Å². The zero-order valence-corrected chi connectivity index (χ0v) is 16.2. The van der Waals surface area contributed by atoms with Crippen molar-refractivity contribution in [2.45, 2.75) is 44.4 Å². The first-order valence-electron chi connectivity index (χ1n) is 8.87. The second-order valence-corrected chi connectivity index (χ2v) is 8.61. The minimum absolute atomic E-state index is 0.0882. The summed E-state index contributed by atoms with van der Waals surface area (Å²) in [6, 6.07) is 5.07. The van der Waals surface area contributed by atoms with Crippen LogP contribution in [0.1, 0.15) is 39.5 Å². The van der Waals surface area contributed by atoms with E-state index in [0.29, 0.717) is 19.5 Å². The molecule has 0 aromatic heterocycles. The van der Waals surface area contributed by atoms with Gasteiger partial charge in [-0.2, -0.15) is 4.31 Å². The van der Waals surface area contributed by atoms with E-state index < -0.39 is 14.9 Å². The van der Waals surface area contributed by atoms with Crippen molar-refractivity contribution in [1.82, 2.24) is 4.31 Å². The standard InChI is InChI=1S/C19H26N2O4S/c1-4-6-8-19-15(3)13-20(14-16(19)7-5-2)26(24,25)18-11-9-17(10-12-18)21(22)23/h5,9-12,15H,2,4,6-8,13-14H2,1,3H3/t15-/m1/s1. The molecule has 1 aliphatic heterocycles. The molecule has 0 aliphatic carbocycles. The Morgan fingerprint density at radius 2 is 2.00 bits per heavy atom. The molecule has 0 saturated heterocycles. The Hall–Kier alpha value is -1.99. The summed E-state index contributed by atoms with van der Waals surface area (Å²) in [6.45, 7) is 8.79. The minimum atomic E-state index is -3.69. The van der Waals surface area contributed by atoms with Crippen molar-refractivity contribution in [3.8, 4) is 0 Å². The van der Waals surface area contributed by atoms with Crippen LogP contribution in [0.2, 0.25) is 0 Å². The fraction of sp³-hybridized carbons (Fsp3) is 0.474. The predicted octanol–water partition coefficient (Wildman–Crippen LogP) is 4.30. The van der Waals surface area contributed by atoms with E-state index in [1.54, 1.807) is 0 Å². The second-order valence-electron chi connectivity index (χ2n) is 6.67. The van der Waals surface area contributed by atoms with Gasteiger partial charge in [-0.25, -0.2) is 8.42 Å². The van der Waals surface area contributed by atoms with E-state index in [-0.39, 0.29) is 16.5 Å². The molecule has 26 heavy (non-hydrogen) atoms. The molecule has 1 aliphatic rings. The molecular formula is C19H26N2O4S. The van der Waals surface area contributed by atoms with Crippen LogP contribution in [0.5, 0.6) is 0 Å². The highest BCUT2D eigenvalue weighted by Crippen LogP contribution is 2.32. The molecule has 6 nitrogen and oxygen atoms in total. The van der Waals surface area contributed by atoms with Crippen molar-refractivity contribution in [3.63, 3.8) is 0 Å². The van der Waals surface area contributed by atoms with Crippen LogP contribution < -0.4 is 0 Å². The summed E-state index contributed by atoms with van der Waals surface area (Å²) >= 11 is 0. The second kappa shape index (κ2) is 8.60. The number of nitrogens with zero attached hydrogens (tertiary/aromatic N) is 2. The van der Waals surface area contributed by atoms with Gasteiger partial charge in [-0.05, 0) is 37.3 Å². The Morgan fingerprint density at radius 3 is 2.54 bits per heavy atom. The first-order valence-corrected chi connectivity index (χ1v) is 10.3. The summed E-state index contributed by atoms with van der Waals surface area (Å²) in [7, 11) is -3.69. The first kappa shape index (κ1) is 20.3. The summed E-state index contributed by atoms with van der Waals surface area (Å²) in [5.74, 6) is 0.151. The van der Waals surface area contributed by atoms with Crippen LogP contribution in [0.25, 0.3) is 0 Å². The van der Waals surface area contributed by atoms with E-state index in [1.807, 2.05) is 6.08 Å². The number of non-ortho nitro benzene ring substituents is 1. The van der Waals surface area contributed by atoms with Crippen LogP contribution in [0.3, 0.4) is 0 Å². The molecule has 1 heterocycles. The number of nitro groups is 1. The Morgan fingerprint density at radius 1 is 1.35 bits per heavy atom. The lowest BCUT2D eigenvalue weighted by atomic mass is 9.87. The van der Waals surface area contributed by atoms with Gasteiger partial charge in [-0.3, -0.25) is 10.1 Å². The molecule has 1 atom stereocenters. The fourth-order valence-corrected chi connectivity index (χ4v) is 4.90. The average Bonchev–Trinajstić information content (AvgIpc) is 2.61. The molecule has 142 valence electrons. The quantitative estimate of drug-likeness (QED) is 0.384. The van der Waals surface area contributed by atoms with E-state index >= 15 is 0 Å². The van der Waals surface area contributed by atoms with Gasteiger partial charge in [-0.15, -0.1) is 6.58 Å². The molecule has 0 fully saturated rings. The third-order valence-corrected chi connectivity index (χ3v) is 6.60. The van der Waals surface area contributed by atoms with Gasteiger partial charge < -0.3 is 0 Å². The highest BCUT2D eigenvalue weighted by molar-refractivity contribution is 7.89. The topological polar surface area (TPSA) is 80.5 Å². The number of rotatable bonds is 8. The largest absolute Gasteiger partial charge is 0.269 e. The van der Waals surface area contributed by atoms with E-state index in [9.17, 15) is 18.5 Å². The van der Waals surface area contributed by atoms with Gasteiger partial charge in [0, 0.05) is 25.2 Å². The zero-order chi connectivity index (χ0) is 19.3. The van der Waals surface area contributed by atoms with E-state index in [1.165, 1.54) is 34.1 Å². The Balaban J connectivity index is 2.31. The van der Waals surface area contributed by atoms with E-state index in [4.69, 9.17) is 0 Å². The molecule has 0 N–H and O–H groups in total. The minimum Gasteiger partial charge on any atom is -0.258 e. The van der Waals surface area contributed by atoms with Crippen molar-refractivity contribution < 1.29 is 13.3 Å². The van der Waals surface area contributed by atoms with Gasteiger partial charge in [0.1, 0.15) is 0 Å². The normalized spacial score (nSPS) is 18.8. The molecule has 2 rings (SSSR count). The molecule has 7 heteroatoms. The molecular weight excluding hydrogens is 352 g/mol. The van der Waals surface area contributed by atoms with Crippen LogP contribution in [0.4, 0.5) is 5.69 Å². The van der Waals surface area contributed by atoms with Crippen LogP contribution in [-0.2, 0) is 10.0 Å². The smallest absolute Gasteiger partial charge is 0.258 e. The summed E-state index contributed by atoms with van der Waals surface area (Å²) in [5, 5.41) is 10.8. The number of nitro benzene ring substituents is 1. The number of benzene rings is 1.